The van der Waals surface area contributed by atoms with Crippen molar-refractivity contribution in [2.24, 2.45) is 0 Å². The molecule has 2 aliphatic rings. The summed E-state index contributed by atoms with van der Waals surface area (Å²) >= 11 is 1.72. The maximum absolute atomic E-state index is 6.13. The average Bonchev–Trinajstić information content (AvgIpc) is 3.10. The van der Waals surface area contributed by atoms with E-state index < -0.39 is 0 Å². The molecule has 1 spiro atoms. The quantitative estimate of drug-likeness (QED) is 0.667. The van der Waals surface area contributed by atoms with Crippen LogP contribution in [0.25, 0.3) is 0 Å². The van der Waals surface area contributed by atoms with Crippen molar-refractivity contribution in [1.29, 1.82) is 0 Å². The van der Waals surface area contributed by atoms with Gasteiger partial charge in [0.25, 0.3) is 0 Å². The Bertz CT molecular complexity index is 488. The van der Waals surface area contributed by atoms with Gasteiger partial charge in [0.15, 0.2) is 5.79 Å². The van der Waals surface area contributed by atoms with Gasteiger partial charge in [-0.25, -0.2) is 0 Å². The van der Waals surface area contributed by atoms with Crippen molar-refractivity contribution < 1.29 is 14.2 Å². The number of hydrogen-bond acceptors (Lipinski definition) is 5. The molecule has 0 bridgehead atoms. The highest BCUT2D eigenvalue weighted by Crippen LogP contribution is 2.40. The second-order valence-electron chi connectivity index (χ2n) is 5.61. The molecule has 2 fully saturated rings. The lowest BCUT2D eigenvalue weighted by atomic mass is 10.2. The number of thioether (sulfide) groups is 1. The van der Waals surface area contributed by atoms with E-state index in [0.29, 0.717) is 13.2 Å². The minimum Gasteiger partial charge on any atom is -0.494 e. The molecule has 1 saturated heterocycles. The van der Waals surface area contributed by atoms with E-state index in [1.54, 1.807) is 11.8 Å². The SMILES string of the molecule is CCOc1ccc(N)c(SCC2COC3(CCCC3)O2)c1. The Kier molecular flexibility index (Phi) is 4.62. The highest BCUT2D eigenvalue weighted by molar-refractivity contribution is 7.99. The van der Waals surface area contributed by atoms with E-state index in [0.717, 1.165) is 34.9 Å². The van der Waals surface area contributed by atoms with E-state index in [1.165, 1.54) is 12.8 Å². The van der Waals surface area contributed by atoms with Crippen molar-refractivity contribution in [3.63, 3.8) is 0 Å². The zero-order valence-electron chi connectivity index (χ0n) is 12.5. The van der Waals surface area contributed by atoms with Crippen LogP contribution >= 0.6 is 11.8 Å². The molecule has 1 aliphatic heterocycles. The first-order chi connectivity index (χ1) is 10.2. The predicted molar refractivity (Wildman–Crippen MR) is 84.8 cm³/mol. The van der Waals surface area contributed by atoms with Crippen molar-refractivity contribution in [1.82, 2.24) is 0 Å². The second kappa shape index (κ2) is 6.46. The van der Waals surface area contributed by atoms with Gasteiger partial charge in [0.2, 0.25) is 0 Å². The van der Waals surface area contributed by atoms with Gasteiger partial charge in [0, 0.05) is 29.2 Å². The van der Waals surface area contributed by atoms with Crippen LogP contribution in [-0.2, 0) is 9.47 Å². The molecule has 1 saturated carbocycles. The van der Waals surface area contributed by atoms with Gasteiger partial charge in [-0.3, -0.25) is 0 Å². The van der Waals surface area contributed by atoms with E-state index >= 15 is 0 Å². The Balaban J connectivity index is 1.56. The van der Waals surface area contributed by atoms with E-state index in [4.69, 9.17) is 19.9 Å². The van der Waals surface area contributed by atoms with E-state index in [1.807, 2.05) is 25.1 Å². The molecule has 0 amide bonds. The fourth-order valence-electron chi connectivity index (χ4n) is 2.95. The Morgan fingerprint density at radius 1 is 1.38 bits per heavy atom. The molecule has 0 aromatic heterocycles. The van der Waals surface area contributed by atoms with Gasteiger partial charge in [0.1, 0.15) is 5.75 Å². The molecule has 1 heterocycles. The first-order valence-electron chi connectivity index (χ1n) is 7.68. The summed E-state index contributed by atoms with van der Waals surface area (Å²) < 4.78 is 17.6. The predicted octanol–water partition coefficient (Wildman–Crippen LogP) is 3.45. The summed E-state index contributed by atoms with van der Waals surface area (Å²) in [6, 6.07) is 5.81. The van der Waals surface area contributed by atoms with Crippen LogP contribution in [0.3, 0.4) is 0 Å². The van der Waals surface area contributed by atoms with Crippen molar-refractivity contribution in [2.75, 3.05) is 24.7 Å². The Labute approximate surface area is 130 Å². The molecule has 1 aliphatic carbocycles. The molecule has 1 aromatic carbocycles. The molecular weight excluding hydrogens is 286 g/mol. The largest absolute Gasteiger partial charge is 0.494 e. The molecule has 0 radical (unpaired) electrons. The third-order valence-electron chi connectivity index (χ3n) is 4.00. The number of nitrogen functional groups attached to an aromatic ring is 1. The number of anilines is 1. The minimum absolute atomic E-state index is 0.156. The third kappa shape index (κ3) is 3.47. The molecule has 1 atom stereocenters. The Morgan fingerprint density at radius 3 is 2.95 bits per heavy atom. The van der Waals surface area contributed by atoms with Gasteiger partial charge < -0.3 is 19.9 Å². The smallest absolute Gasteiger partial charge is 0.168 e. The zero-order chi connectivity index (χ0) is 14.7. The fourth-order valence-corrected chi connectivity index (χ4v) is 3.92. The maximum atomic E-state index is 6.13. The number of rotatable bonds is 5. The minimum atomic E-state index is -0.274. The van der Waals surface area contributed by atoms with Crippen LogP contribution in [0, 0.1) is 0 Å². The molecule has 5 heteroatoms. The van der Waals surface area contributed by atoms with E-state index in [2.05, 4.69) is 0 Å². The van der Waals surface area contributed by atoms with Gasteiger partial charge in [-0.1, -0.05) is 0 Å². The topological polar surface area (TPSA) is 53.7 Å². The fraction of sp³-hybridized carbons (Fsp3) is 0.625. The summed E-state index contributed by atoms with van der Waals surface area (Å²) in [5.41, 5.74) is 6.83. The van der Waals surface area contributed by atoms with Crippen LogP contribution in [0.1, 0.15) is 32.6 Å². The summed E-state index contributed by atoms with van der Waals surface area (Å²) in [6.07, 6.45) is 4.65. The van der Waals surface area contributed by atoms with Crippen LogP contribution < -0.4 is 10.5 Å². The monoisotopic (exact) mass is 309 g/mol. The Hall–Kier alpha value is -0.910. The molecular formula is C16H23NO3S. The van der Waals surface area contributed by atoms with Crippen molar-refractivity contribution in [3.05, 3.63) is 18.2 Å². The van der Waals surface area contributed by atoms with Gasteiger partial charge in [-0.2, -0.15) is 0 Å². The van der Waals surface area contributed by atoms with Crippen molar-refractivity contribution >= 4 is 17.4 Å². The standard InChI is InChI=1S/C16H23NO3S/c1-2-18-12-5-6-14(17)15(9-12)21-11-13-10-19-16(20-13)7-3-4-8-16/h5-6,9,13H,2-4,7-8,10-11,17H2,1H3. The van der Waals surface area contributed by atoms with E-state index in [9.17, 15) is 0 Å². The molecule has 116 valence electrons. The molecule has 3 rings (SSSR count). The van der Waals surface area contributed by atoms with Gasteiger partial charge in [-0.05, 0) is 38.0 Å². The van der Waals surface area contributed by atoms with Crippen LogP contribution in [-0.4, -0.2) is 30.9 Å². The van der Waals surface area contributed by atoms with Crippen LogP contribution in [0.2, 0.25) is 0 Å². The van der Waals surface area contributed by atoms with Gasteiger partial charge in [-0.15, -0.1) is 11.8 Å². The lowest BCUT2D eigenvalue weighted by Gasteiger charge is -2.21. The maximum Gasteiger partial charge on any atom is 0.168 e. The molecule has 1 aromatic rings. The summed E-state index contributed by atoms with van der Waals surface area (Å²) in [5.74, 6) is 1.45. The van der Waals surface area contributed by atoms with Gasteiger partial charge >= 0.3 is 0 Å². The number of benzene rings is 1. The highest BCUT2D eigenvalue weighted by atomic mass is 32.2. The lowest BCUT2D eigenvalue weighted by Crippen LogP contribution is -2.27. The average molecular weight is 309 g/mol. The zero-order valence-corrected chi connectivity index (χ0v) is 13.3. The number of hydrogen-bond donors (Lipinski definition) is 1. The van der Waals surface area contributed by atoms with E-state index in [-0.39, 0.29) is 11.9 Å². The Morgan fingerprint density at radius 2 is 2.19 bits per heavy atom. The summed E-state index contributed by atoms with van der Waals surface area (Å²) in [7, 11) is 0. The molecule has 4 nitrogen and oxygen atoms in total. The summed E-state index contributed by atoms with van der Waals surface area (Å²) in [5, 5.41) is 0. The van der Waals surface area contributed by atoms with Crippen molar-refractivity contribution in [3.8, 4) is 5.75 Å². The van der Waals surface area contributed by atoms with Crippen LogP contribution in [0.5, 0.6) is 5.75 Å². The number of nitrogens with two attached hydrogens (primary N) is 1. The lowest BCUT2D eigenvalue weighted by molar-refractivity contribution is -0.159. The molecule has 2 N–H and O–H groups in total. The summed E-state index contributed by atoms with van der Waals surface area (Å²) in [4.78, 5) is 1.05. The first kappa shape index (κ1) is 15.0. The molecule has 1 unspecified atom stereocenters. The van der Waals surface area contributed by atoms with Crippen LogP contribution in [0.15, 0.2) is 23.1 Å². The molecule has 21 heavy (non-hydrogen) atoms. The van der Waals surface area contributed by atoms with Crippen LogP contribution in [0.4, 0.5) is 5.69 Å². The highest BCUT2D eigenvalue weighted by Gasteiger charge is 2.43. The van der Waals surface area contributed by atoms with Gasteiger partial charge in [0.05, 0.1) is 19.3 Å². The van der Waals surface area contributed by atoms with Crippen molar-refractivity contribution in [2.45, 2.75) is 49.4 Å². The second-order valence-corrected chi connectivity index (χ2v) is 6.67. The third-order valence-corrected chi connectivity index (χ3v) is 5.20. The summed E-state index contributed by atoms with van der Waals surface area (Å²) in [6.45, 7) is 3.34. The number of ether oxygens (including phenoxy) is 3. The normalized spacial score (nSPS) is 23.8. The first-order valence-corrected chi connectivity index (χ1v) is 8.66.